The van der Waals surface area contributed by atoms with Gasteiger partial charge in [-0.15, -0.1) is 0 Å². The first-order valence-corrected chi connectivity index (χ1v) is 11.9. The summed E-state index contributed by atoms with van der Waals surface area (Å²) in [6, 6.07) is 5.62. The predicted octanol–water partition coefficient (Wildman–Crippen LogP) is 2.54. The minimum atomic E-state index is -3.78. The molecule has 0 aromatic heterocycles. The Bertz CT molecular complexity index is 671. The molecule has 6 nitrogen and oxygen atoms in total. The lowest BCUT2D eigenvalue weighted by molar-refractivity contribution is -0.123. The Morgan fingerprint density at radius 2 is 1.92 bits per heavy atom. The molecule has 1 saturated carbocycles. The molecule has 1 aliphatic carbocycles. The zero-order chi connectivity index (χ0) is 19.0. The second-order valence-electron chi connectivity index (χ2n) is 6.35. The topological polar surface area (TPSA) is 84.5 Å². The Morgan fingerprint density at radius 1 is 1.27 bits per heavy atom. The van der Waals surface area contributed by atoms with Gasteiger partial charge in [0.25, 0.3) is 0 Å². The monoisotopic (exact) mass is 400 g/mol. The molecule has 1 amide bonds. The second-order valence-corrected chi connectivity index (χ2v) is 9.05. The molecular formula is C18H28N2O4S2. The van der Waals surface area contributed by atoms with E-state index >= 15 is 0 Å². The van der Waals surface area contributed by atoms with Crippen molar-refractivity contribution in [2.24, 2.45) is 0 Å². The number of hydrogen-bond acceptors (Lipinski definition) is 5. The van der Waals surface area contributed by atoms with E-state index in [4.69, 9.17) is 4.74 Å². The highest BCUT2D eigenvalue weighted by molar-refractivity contribution is 7.98. The summed E-state index contributed by atoms with van der Waals surface area (Å²) in [7, 11) is -3.78. The Kier molecular flexibility index (Phi) is 8.24. The van der Waals surface area contributed by atoms with Crippen molar-refractivity contribution in [1.82, 2.24) is 10.0 Å². The molecule has 0 bridgehead atoms. The van der Waals surface area contributed by atoms with Crippen LogP contribution in [0.15, 0.2) is 29.2 Å². The SMILES string of the molecule is CCOc1ccc(S(=O)(=O)N[C@H](CCSC)C(=O)NC2CCCC2)cc1. The maximum Gasteiger partial charge on any atom is 0.241 e. The molecule has 2 rings (SSSR count). The Hall–Kier alpha value is -1.25. The molecule has 0 aliphatic heterocycles. The number of benzene rings is 1. The number of thioether (sulfide) groups is 1. The first-order chi connectivity index (χ1) is 12.5. The van der Waals surface area contributed by atoms with Crippen LogP contribution < -0.4 is 14.8 Å². The maximum atomic E-state index is 12.7. The molecule has 8 heteroatoms. The first kappa shape index (κ1) is 21.1. The lowest BCUT2D eigenvalue weighted by Gasteiger charge is -2.21. The summed E-state index contributed by atoms with van der Waals surface area (Å²) in [4.78, 5) is 12.7. The van der Waals surface area contributed by atoms with E-state index in [9.17, 15) is 13.2 Å². The molecular weight excluding hydrogens is 372 g/mol. The average molecular weight is 401 g/mol. The molecule has 1 aromatic rings. The third-order valence-corrected chi connectivity index (χ3v) is 6.50. The lowest BCUT2D eigenvalue weighted by Crippen LogP contribution is -2.49. The van der Waals surface area contributed by atoms with E-state index < -0.39 is 16.1 Å². The Balaban J connectivity index is 2.07. The fourth-order valence-corrected chi connectivity index (χ4v) is 4.69. The summed E-state index contributed by atoms with van der Waals surface area (Å²) < 4.78 is 33.3. The van der Waals surface area contributed by atoms with Crippen molar-refractivity contribution >= 4 is 27.7 Å². The van der Waals surface area contributed by atoms with Crippen LogP contribution in [0, 0.1) is 0 Å². The van der Waals surface area contributed by atoms with Gasteiger partial charge >= 0.3 is 0 Å². The summed E-state index contributed by atoms with van der Waals surface area (Å²) in [6.45, 7) is 2.38. The number of carbonyl (C=O) groups excluding carboxylic acids is 1. The van der Waals surface area contributed by atoms with Gasteiger partial charge in [-0.25, -0.2) is 8.42 Å². The smallest absolute Gasteiger partial charge is 0.241 e. The average Bonchev–Trinajstić information content (AvgIpc) is 3.12. The molecule has 0 heterocycles. The van der Waals surface area contributed by atoms with Gasteiger partial charge in [-0.1, -0.05) is 12.8 Å². The van der Waals surface area contributed by atoms with Gasteiger partial charge in [0.15, 0.2) is 0 Å². The number of rotatable bonds is 10. The summed E-state index contributed by atoms with van der Waals surface area (Å²) >= 11 is 1.59. The molecule has 26 heavy (non-hydrogen) atoms. The Labute approximate surface area is 160 Å². The van der Waals surface area contributed by atoms with E-state index in [1.54, 1.807) is 23.9 Å². The zero-order valence-corrected chi connectivity index (χ0v) is 17.0. The third kappa shape index (κ3) is 6.17. The maximum absolute atomic E-state index is 12.7. The van der Waals surface area contributed by atoms with Crippen molar-refractivity contribution in [1.29, 1.82) is 0 Å². The van der Waals surface area contributed by atoms with E-state index in [1.807, 2.05) is 13.2 Å². The van der Waals surface area contributed by atoms with Crippen LogP contribution in [-0.2, 0) is 14.8 Å². The molecule has 1 atom stereocenters. The van der Waals surface area contributed by atoms with Gasteiger partial charge in [0.05, 0.1) is 11.5 Å². The van der Waals surface area contributed by atoms with E-state index in [0.717, 1.165) is 25.7 Å². The highest BCUT2D eigenvalue weighted by atomic mass is 32.2. The predicted molar refractivity (Wildman–Crippen MR) is 105 cm³/mol. The molecule has 1 fully saturated rings. The van der Waals surface area contributed by atoms with Crippen LogP contribution in [0.5, 0.6) is 5.75 Å². The normalized spacial score (nSPS) is 16.4. The minimum absolute atomic E-state index is 0.128. The van der Waals surface area contributed by atoms with Crippen LogP contribution >= 0.6 is 11.8 Å². The van der Waals surface area contributed by atoms with Gasteiger partial charge < -0.3 is 10.1 Å². The van der Waals surface area contributed by atoms with Gasteiger partial charge in [-0.3, -0.25) is 4.79 Å². The van der Waals surface area contributed by atoms with Crippen LogP contribution in [0.3, 0.4) is 0 Å². The summed E-state index contributed by atoms with van der Waals surface area (Å²) in [6.07, 6.45) is 6.54. The van der Waals surface area contributed by atoms with Crippen molar-refractivity contribution in [3.63, 3.8) is 0 Å². The van der Waals surface area contributed by atoms with Crippen molar-refractivity contribution < 1.29 is 17.9 Å². The highest BCUT2D eigenvalue weighted by Gasteiger charge is 2.27. The number of nitrogens with one attached hydrogen (secondary N) is 2. The molecule has 1 aliphatic rings. The third-order valence-electron chi connectivity index (χ3n) is 4.37. The fraction of sp³-hybridized carbons (Fsp3) is 0.611. The molecule has 1 aromatic carbocycles. The van der Waals surface area contributed by atoms with Crippen molar-refractivity contribution in [2.75, 3.05) is 18.6 Å². The van der Waals surface area contributed by atoms with Crippen molar-refractivity contribution in [3.05, 3.63) is 24.3 Å². The summed E-state index contributed by atoms with van der Waals surface area (Å²) in [5, 5.41) is 2.99. The first-order valence-electron chi connectivity index (χ1n) is 9.00. The van der Waals surface area contributed by atoms with E-state index in [-0.39, 0.29) is 16.8 Å². The van der Waals surface area contributed by atoms with E-state index in [2.05, 4.69) is 10.0 Å². The standard InChI is InChI=1S/C18H28N2O4S2/c1-3-24-15-8-10-16(11-9-15)26(22,23)20-17(12-13-25-2)18(21)19-14-6-4-5-7-14/h8-11,14,17,20H,3-7,12-13H2,1-2H3,(H,19,21)/t17-/m1/s1. The molecule has 0 saturated heterocycles. The van der Waals surface area contributed by atoms with Gasteiger partial charge in [0.1, 0.15) is 11.8 Å². The zero-order valence-electron chi connectivity index (χ0n) is 15.4. The summed E-state index contributed by atoms with van der Waals surface area (Å²) in [5.41, 5.74) is 0. The van der Waals surface area contributed by atoms with Crippen LogP contribution in [0.2, 0.25) is 0 Å². The molecule has 0 spiro atoms. The van der Waals surface area contributed by atoms with Crippen LogP contribution in [0.4, 0.5) is 0 Å². The van der Waals surface area contributed by atoms with E-state index in [1.165, 1.54) is 12.1 Å². The fourth-order valence-electron chi connectivity index (χ4n) is 2.99. The largest absolute Gasteiger partial charge is 0.494 e. The highest BCUT2D eigenvalue weighted by Crippen LogP contribution is 2.19. The van der Waals surface area contributed by atoms with Gasteiger partial charge in [-0.2, -0.15) is 16.5 Å². The Morgan fingerprint density at radius 3 is 2.50 bits per heavy atom. The van der Waals surface area contributed by atoms with Gasteiger partial charge in [-0.05, 0) is 62.5 Å². The van der Waals surface area contributed by atoms with Gasteiger partial charge in [0.2, 0.25) is 15.9 Å². The molecule has 0 radical (unpaired) electrons. The molecule has 0 unspecified atom stereocenters. The van der Waals surface area contributed by atoms with Gasteiger partial charge in [0, 0.05) is 6.04 Å². The van der Waals surface area contributed by atoms with Crippen LogP contribution in [0.1, 0.15) is 39.0 Å². The van der Waals surface area contributed by atoms with Crippen molar-refractivity contribution in [3.8, 4) is 5.75 Å². The number of sulfonamides is 1. The lowest BCUT2D eigenvalue weighted by atomic mass is 10.2. The number of carbonyl (C=O) groups is 1. The molecule has 2 N–H and O–H groups in total. The quantitative estimate of drug-likeness (QED) is 0.630. The number of ether oxygens (including phenoxy) is 1. The molecule has 146 valence electrons. The van der Waals surface area contributed by atoms with E-state index in [0.29, 0.717) is 24.5 Å². The minimum Gasteiger partial charge on any atom is -0.494 e. The second kappa shape index (κ2) is 10.2. The van der Waals surface area contributed by atoms with Crippen molar-refractivity contribution in [2.45, 2.75) is 56.0 Å². The van der Waals surface area contributed by atoms with Crippen LogP contribution in [-0.4, -0.2) is 45.0 Å². The van der Waals surface area contributed by atoms with Crippen LogP contribution in [0.25, 0.3) is 0 Å². The number of hydrogen-bond donors (Lipinski definition) is 2. The number of amides is 1. The summed E-state index contributed by atoms with van der Waals surface area (Å²) in [5.74, 6) is 1.08.